The van der Waals surface area contributed by atoms with E-state index in [4.69, 9.17) is 4.74 Å². The normalized spacial score (nSPS) is 18.4. The Morgan fingerprint density at radius 3 is 2.38 bits per heavy atom. The van der Waals surface area contributed by atoms with E-state index in [1.807, 2.05) is 42.5 Å². The summed E-state index contributed by atoms with van der Waals surface area (Å²) in [6.45, 7) is 0.504. The molecule has 0 unspecified atom stereocenters. The molecule has 3 aromatic carbocycles. The molecule has 0 saturated heterocycles. The van der Waals surface area contributed by atoms with Gasteiger partial charge in [-0.05, 0) is 79.6 Å². The zero-order valence-electron chi connectivity index (χ0n) is 17.9. The van der Waals surface area contributed by atoms with Crippen LogP contribution in [0, 0.1) is 23.1 Å². The van der Waals surface area contributed by atoms with E-state index in [-0.39, 0.29) is 11.7 Å². The van der Waals surface area contributed by atoms with Gasteiger partial charge in [-0.25, -0.2) is 4.39 Å². The summed E-state index contributed by atoms with van der Waals surface area (Å²) in [6.07, 6.45) is 3.80. The molecule has 1 heterocycles. The maximum Gasteiger partial charge on any atom is 0.129 e. The number of rotatable bonds is 5. The van der Waals surface area contributed by atoms with E-state index in [0.29, 0.717) is 12.5 Å². The number of hydrogen-bond donors (Lipinski definition) is 0. The summed E-state index contributed by atoms with van der Waals surface area (Å²) in [5.74, 6) is 1.12. The van der Waals surface area contributed by atoms with Crippen LogP contribution >= 0.6 is 0 Å². The molecule has 160 valence electrons. The predicted octanol–water partition coefficient (Wildman–Crippen LogP) is 7.15. The number of benzene rings is 3. The van der Waals surface area contributed by atoms with Crippen molar-refractivity contribution in [1.29, 1.82) is 5.26 Å². The fraction of sp³-hybridized carbons (Fsp3) is 0.250. The standard InChI is InChI=1S/C28H25FN2O/c29-23-13-15-24(16-14-23)31-26-7-4-8-28(32-19-21-5-2-1-3-6-21)25(26)17-27(31)22-11-9-20(18-30)10-12-22/h1-8,13-17,20,22H,9-12,19H2/t20-,22-. The molecule has 5 rings (SSSR count). The first-order valence-corrected chi connectivity index (χ1v) is 11.2. The molecule has 0 atom stereocenters. The van der Waals surface area contributed by atoms with Crippen LogP contribution in [0.2, 0.25) is 0 Å². The van der Waals surface area contributed by atoms with Gasteiger partial charge in [0.05, 0.1) is 11.6 Å². The summed E-state index contributed by atoms with van der Waals surface area (Å²) in [5, 5.41) is 10.4. The predicted molar refractivity (Wildman–Crippen MR) is 124 cm³/mol. The van der Waals surface area contributed by atoms with Crippen LogP contribution in [0.5, 0.6) is 5.75 Å². The molecule has 1 aliphatic carbocycles. The van der Waals surface area contributed by atoms with Crippen molar-refractivity contribution in [2.75, 3.05) is 0 Å². The molecular weight excluding hydrogens is 399 g/mol. The molecule has 32 heavy (non-hydrogen) atoms. The molecule has 1 aliphatic rings. The van der Waals surface area contributed by atoms with Crippen LogP contribution in [-0.4, -0.2) is 4.57 Å². The van der Waals surface area contributed by atoms with Crippen molar-refractivity contribution in [2.24, 2.45) is 5.92 Å². The van der Waals surface area contributed by atoms with Gasteiger partial charge in [-0.3, -0.25) is 0 Å². The topological polar surface area (TPSA) is 37.9 Å². The van der Waals surface area contributed by atoms with E-state index in [1.165, 1.54) is 17.8 Å². The van der Waals surface area contributed by atoms with E-state index in [1.54, 1.807) is 0 Å². The summed E-state index contributed by atoms with van der Waals surface area (Å²) < 4.78 is 22.1. The van der Waals surface area contributed by atoms with Crippen LogP contribution in [-0.2, 0) is 6.61 Å². The van der Waals surface area contributed by atoms with Crippen LogP contribution < -0.4 is 4.74 Å². The van der Waals surface area contributed by atoms with E-state index < -0.39 is 0 Å². The Labute approximate surface area is 187 Å². The lowest BCUT2D eigenvalue weighted by Crippen LogP contribution is -2.14. The molecule has 0 N–H and O–H groups in total. The third-order valence-electron chi connectivity index (χ3n) is 6.48. The van der Waals surface area contributed by atoms with Crippen molar-refractivity contribution in [3.63, 3.8) is 0 Å². The van der Waals surface area contributed by atoms with Gasteiger partial charge >= 0.3 is 0 Å². The lowest BCUT2D eigenvalue weighted by atomic mass is 9.81. The Kier molecular flexibility index (Phi) is 5.64. The summed E-state index contributed by atoms with van der Waals surface area (Å²) in [7, 11) is 0. The first kappa shape index (κ1) is 20.3. The van der Waals surface area contributed by atoms with Gasteiger partial charge in [0.2, 0.25) is 0 Å². The molecule has 1 fully saturated rings. The number of fused-ring (bicyclic) bond motifs is 1. The highest BCUT2D eigenvalue weighted by Crippen LogP contribution is 2.41. The number of ether oxygens (including phenoxy) is 1. The maximum absolute atomic E-state index is 13.6. The first-order valence-electron chi connectivity index (χ1n) is 11.2. The molecule has 4 heteroatoms. The van der Waals surface area contributed by atoms with Crippen molar-refractivity contribution >= 4 is 10.9 Å². The summed E-state index contributed by atoms with van der Waals surface area (Å²) >= 11 is 0. The van der Waals surface area contributed by atoms with Crippen molar-refractivity contribution in [3.05, 3.63) is 95.9 Å². The van der Waals surface area contributed by atoms with Gasteiger partial charge in [0.15, 0.2) is 0 Å². The van der Waals surface area contributed by atoms with E-state index in [0.717, 1.165) is 53.6 Å². The average molecular weight is 425 g/mol. The van der Waals surface area contributed by atoms with Crippen molar-refractivity contribution in [2.45, 2.75) is 38.2 Å². The van der Waals surface area contributed by atoms with Crippen molar-refractivity contribution in [1.82, 2.24) is 4.57 Å². The Hall–Kier alpha value is -3.58. The molecule has 0 aliphatic heterocycles. The van der Waals surface area contributed by atoms with E-state index in [9.17, 15) is 9.65 Å². The fourth-order valence-corrected chi connectivity index (χ4v) is 4.78. The number of halogens is 1. The molecular formula is C28H25FN2O. The van der Waals surface area contributed by atoms with Gasteiger partial charge < -0.3 is 9.30 Å². The minimum atomic E-state index is -0.242. The lowest BCUT2D eigenvalue weighted by Gasteiger charge is -2.26. The van der Waals surface area contributed by atoms with Crippen LogP contribution in [0.4, 0.5) is 4.39 Å². The molecule has 0 bridgehead atoms. The fourth-order valence-electron chi connectivity index (χ4n) is 4.78. The summed E-state index contributed by atoms with van der Waals surface area (Å²) in [6, 6.07) is 27.6. The summed E-state index contributed by atoms with van der Waals surface area (Å²) in [4.78, 5) is 0. The highest BCUT2D eigenvalue weighted by Gasteiger charge is 2.26. The highest BCUT2D eigenvalue weighted by atomic mass is 19.1. The number of aromatic nitrogens is 1. The van der Waals surface area contributed by atoms with Crippen LogP contribution in [0.1, 0.15) is 42.9 Å². The van der Waals surface area contributed by atoms with Gasteiger partial charge in [0.1, 0.15) is 18.2 Å². The molecule has 4 aromatic rings. The van der Waals surface area contributed by atoms with E-state index in [2.05, 4.69) is 34.9 Å². The molecule has 0 amide bonds. The van der Waals surface area contributed by atoms with Gasteiger partial charge in [-0.1, -0.05) is 36.4 Å². The molecule has 1 saturated carbocycles. The SMILES string of the molecule is N#C[C@H]1CC[C@H](c2cc3c(OCc4ccccc4)cccc3n2-c2ccc(F)cc2)CC1. The number of nitrogens with zero attached hydrogens (tertiary/aromatic N) is 2. The first-order chi connectivity index (χ1) is 15.7. The Balaban J connectivity index is 1.57. The summed E-state index contributed by atoms with van der Waals surface area (Å²) in [5.41, 5.74) is 4.33. The van der Waals surface area contributed by atoms with Crippen molar-refractivity contribution in [3.8, 4) is 17.5 Å². The molecule has 3 nitrogen and oxygen atoms in total. The van der Waals surface area contributed by atoms with Gasteiger partial charge in [0.25, 0.3) is 0 Å². The quantitative estimate of drug-likeness (QED) is 0.341. The largest absolute Gasteiger partial charge is 0.488 e. The van der Waals surface area contributed by atoms with Gasteiger partial charge in [0, 0.05) is 22.7 Å². The second kappa shape index (κ2) is 8.88. The minimum Gasteiger partial charge on any atom is -0.488 e. The molecule has 0 radical (unpaired) electrons. The van der Waals surface area contributed by atoms with Crippen LogP contribution in [0.15, 0.2) is 78.9 Å². The minimum absolute atomic E-state index is 0.152. The lowest BCUT2D eigenvalue weighted by molar-refractivity contribution is 0.310. The smallest absolute Gasteiger partial charge is 0.129 e. The zero-order valence-corrected chi connectivity index (χ0v) is 17.9. The van der Waals surface area contributed by atoms with E-state index >= 15 is 0 Å². The number of hydrogen-bond acceptors (Lipinski definition) is 2. The second-order valence-corrected chi connectivity index (χ2v) is 8.52. The van der Waals surface area contributed by atoms with Crippen LogP contribution in [0.25, 0.3) is 16.6 Å². The van der Waals surface area contributed by atoms with Crippen molar-refractivity contribution < 1.29 is 9.13 Å². The average Bonchev–Trinajstić information content (AvgIpc) is 3.24. The third-order valence-corrected chi connectivity index (χ3v) is 6.48. The number of nitriles is 1. The third kappa shape index (κ3) is 3.99. The Bertz CT molecular complexity index is 1250. The monoisotopic (exact) mass is 424 g/mol. The second-order valence-electron chi connectivity index (χ2n) is 8.52. The Morgan fingerprint density at radius 2 is 1.66 bits per heavy atom. The zero-order chi connectivity index (χ0) is 21.9. The maximum atomic E-state index is 13.6. The highest BCUT2D eigenvalue weighted by molar-refractivity contribution is 5.89. The Morgan fingerprint density at radius 1 is 0.906 bits per heavy atom. The molecule has 1 aromatic heterocycles. The van der Waals surface area contributed by atoms with Crippen LogP contribution in [0.3, 0.4) is 0 Å². The van der Waals surface area contributed by atoms with Gasteiger partial charge in [-0.15, -0.1) is 0 Å². The molecule has 0 spiro atoms. The van der Waals surface area contributed by atoms with Gasteiger partial charge in [-0.2, -0.15) is 5.26 Å².